The van der Waals surface area contributed by atoms with Gasteiger partial charge in [0.2, 0.25) is 5.91 Å². The van der Waals surface area contributed by atoms with E-state index in [2.05, 4.69) is 44.7 Å². The molecule has 1 aromatic heterocycles. The summed E-state index contributed by atoms with van der Waals surface area (Å²) in [7, 11) is 0. The number of rotatable bonds is 6. The Hall–Kier alpha value is -2.99. The number of aromatic amines is 1. The van der Waals surface area contributed by atoms with E-state index >= 15 is 0 Å². The zero-order valence-corrected chi connectivity index (χ0v) is 14.9. The van der Waals surface area contributed by atoms with E-state index in [1.54, 1.807) is 12.1 Å². The maximum Gasteiger partial charge on any atom is 0.230 e. The first-order valence-corrected chi connectivity index (χ1v) is 9.04. The van der Waals surface area contributed by atoms with E-state index in [9.17, 15) is 9.18 Å². The fourth-order valence-electron chi connectivity index (χ4n) is 3.41. The lowest BCUT2D eigenvalue weighted by Crippen LogP contribution is -2.21. The monoisotopic (exact) mass is 364 g/mol. The van der Waals surface area contributed by atoms with Crippen molar-refractivity contribution in [3.63, 3.8) is 0 Å². The van der Waals surface area contributed by atoms with Gasteiger partial charge < -0.3 is 5.32 Å². The first kappa shape index (κ1) is 17.4. The predicted octanol–water partition coefficient (Wildman–Crippen LogP) is 3.29. The number of carbonyl (C=O) groups excluding carboxylic acids is 1. The molecule has 4 rings (SSSR count). The lowest BCUT2D eigenvalue weighted by atomic mass is 10.1. The normalized spacial score (nSPS) is 13.5. The Bertz CT molecular complexity index is 938. The molecule has 6 heteroatoms. The standard InChI is InChI=1S/C21H21FN4O/c22-17-8-4-7-16(11-17)12-20(27)23-21-18-13-26(14-19(18)24-25-21)10-9-15-5-2-1-3-6-15/h1-8,11H,9-10,12-14H2,(H2,23,24,25,27). The molecule has 0 spiro atoms. The molecule has 0 bridgehead atoms. The number of anilines is 1. The SMILES string of the molecule is O=C(Cc1cccc(F)c1)Nc1n[nH]c2c1CN(CCc1ccccc1)C2. The van der Waals surface area contributed by atoms with Crippen LogP contribution in [0.2, 0.25) is 0 Å². The number of hydrogen-bond acceptors (Lipinski definition) is 3. The lowest BCUT2D eigenvalue weighted by molar-refractivity contribution is -0.115. The fraction of sp³-hybridized carbons (Fsp3) is 0.238. The van der Waals surface area contributed by atoms with Crippen LogP contribution in [-0.2, 0) is 30.7 Å². The number of H-pyrrole nitrogens is 1. The van der Waals surface area contributed by atoms with Gasteiger partial charge in [-0.3, -0.25) is 14.8 Å². The maximum absolute atomic E-state index is 13.3. The highest BCUT2D eigenvalue weighted by molar-refractivity contribution is 5.92. The third kappa shape index (κ3) is 4.23. The van der Waals surface area contributed by atoms with E-state index in [0.717, 1.165) is 37.3 Å². The molecule has 2 N–H and O–H groups in total. The molecule has 2 aromatic carbocycles. The predicted molar refractivity (Wildman–Crippen MR) is 102 cm³/mol. The number of amides is 1. The summed E-state index contributed by atoms with van der Waals surface area (Å²) in [5, 5.41) is 10.1. The molecule has 2 heterocycles. The van der Waals surface area contributed by atoms with Crippen LogP contribution in [0, 0.1) is 5.82 Å². The second-order valence-corrected chi connectivity index (χ2v) is 6.83. The highest BCUT2D eigenvalue weighted by Gasteiger charge is 2.25. The highest BCUT2D eigenvalue weighted by Crippen LogP contribution is 2.27. The van der Waals surface area contributed by atoms with Gasteiger partial charge in [-0.05, 0) is 29.7 Å². The molecule has 1 amide bonds. The molecular weight excluding hydrogens is 343 g/mol. The van der Waals surface area contributed by atoms with Gasteiger partial charge in [-0.2, -0.15) is 5.10 Å². The van der Waals surface area contributed by atoms with Crippen molar-refractivity contribution in [2.45, 2.75) is 25.9 Å². The van der Waals surface area contributed by atoms with Crippen molar-refractivity contribution in [1.29, 1.82) is 0 Å². The molecule has 0 radical (unpaired) electrons. The van der Waals surface area contributed by atoms with Crippen molar-refractivity contribution in [3.05, 3.63) is 82.8 Å². The van der Waals surface area contributed by atoms with E-state index in [4.69, 9.17) is 0 Å². The van der Waals surface area contributed by atoms with Crippen LogP contribution >= 0.6 is 0 Å². The van der Waals surface area contributed by atoms with Crippen LogP contribution in [0.15, 0.2) is 54.6 Å². The quantitative estimate of drug-likeness (QED) is 0.706. The number of aromatic nitrogens is 2. The highest BCUT2D eigenvalue weighted by atomic mass is 19.1. The Balaban J connectivity index is 1.34. The smallest absolute Gasteiger partial charge is 0.230 e. The summed E-state index contributed by atoms with van der Waals surface area (Å²) in [5.74, 6) is 0.0428. The largest absolute Gasteiger partial charge is 0.309 e. The van der Waals surface area contributed by atoms with Crippen molar-refractivity contribution < 1.29 is 9.18 Å². The molecule has 0 fully saturated rings. The van der Waals surface area contributed by atoms with Crippen LogP contribution in [0.25, 0.3) is 0 Å². The van der Waals surface area contributed by atoms with Crippen LogP contribution in [0.5, 0.6) is 0 Å². The molecule has 1 aliphatic heterocycles. The average molecular weight is 364 g/mol. The lowest BCUT2D eigenvalue weighted by Gasteiger charge is -2.15. The van der Waals surface area contributed by atoms with E-state index < -0.39 is 0 Å². The van der Waals surface area contributed by atoms with Gasteiger partial charge in [0.15, 0.2) is 5.82 Å². The first-order valence-electron chi connectivity index (χ1n) is 9.04. The second kappa shape index (κ2) is 7.72. The van der Waals surface area contributed by atoms with Crippen LogP contribution < -0.4 is 5.32 Å². The average Bonchev–Trinajstić information content (AvgIpc) is 3.22. The fourth-order valence-corrected chi connectivity index (χ4v) is 3.41. The van der Waals surface area contributed by atoms with E-state index in [0.29, 0.717) is 11.4 Å². The van der Waals surface area contributed by atoms with Crippen LogP contribution in [0.1, 0.15) is 22.4 Å². The van der Waals surface area contributed by atoms with Crippen molar-refractivity contribution in [2.24, 2.45) is 0 Å². The summed E-state index contributed by atoms with van der Waals surface area (Å²) in [5.41, 5.74) is 4.04. The van der Waals surface area contributed by atoms with Crippen LogP contribution in [0.3, 0.4) is 0 Å². The third-order valence-electron chi connectivity index (χ3n) is 4.79. The first-order chi connectivity index (χ1) is 13.2. The minimum Gasteiger partial charge on any atom is -0.309 e. The van der Waals surface area contributed by atoms with E-state index in [-0.39, 0.29) is 18.1 Å². The number of hydrogen-bond donors (Lipinski definition) is 2. The van der Waals surface area contributed by atoms with Gasteiger partial charge in [-0.1, -0.05) is 42.5 Å². The Labute approximate surface area is 157 Å². The van der Waals surface area contributed by atoms with Gasteiger partial charge in [0, 0.05) is 25.2 Å². The van der Waals surface area contributed by atoms with Gasteiger partial charge in [0.1, 0.15) is 5.82 Å². The molecule has 138 valence electrons. The molecule has 27 heavy (non-hydrogen) atoms. The van der Waals surface area contributed by atoms with Crippen LogP contribution in [0.4, 0.5) is 10.2 Å². The Morgan fingerprint density at radius 1 is 1.11 bits per heavy atom. The third-order valence-corrected chi connectivity index (χ3v) is 4.79. The minimum atomic E-state index is -0.338. The number of nitrogens with zero attached hydrogens (tertiary/aromatic N) is 2. The van der Waals surface area contributed by atoms with E-state index in [1.807, 2.05) is 6.07 Å². The molecule has 0 saturated heterocycles. The van der Waals surface area contributed by atoms with Gasteiger partial charge in [0.25, 0.3) is 0 Å². The molecule has 0 aliphatic carbocycles. The Morgan fingerprint density at radius 3 is 2.74 bits per heavy atom. The van der Waals surface area contributed by atoms with Gasteiger partial charge in [0.05, 0.1) is 12.1 Å². The summed E-state index contributed by atoms with van der Waals surface area (Å²) in [6, 6.07) is 16.5. The molecule has 0 unspecified atom stereocenters. The summed E-state index contributed by atoms with van der Waals surface area (Å²) >= 11 is 0. The zero-order chi connectivity index (χ0) is 18.6. The van der Waals surface area contributed by atoms with Gasteiger partial charge >= 0.3 is 0 Å². The Kier molecular flexibility index (Phi) is 4.98. The molecular formula is C21H21FN4O. The summed E-state index contributed by atoms with van der Waals surface area (Å²) < 4.78 is 13.3. The van der Waals surface area contributed by atoms with E-state index in [1.165, 1.54) is 17.7 Å². The molecule has 1 aliphatic rings. The molecule has 0 atom stereocenters. The van der Waals surface area contributed by atoms with Crippen molar-refractivity contribution in [2.75, 3.05) is 11.9 Å². The molecule has 0 saturated carbocycles. The number of halogens is 1. The topological polar surface area (TPSA) is 61.0 Å². The summed E-state index contributed by atoms with van der Waals surface area (Å²) in [4.78, 5) is 14.6. The number of nitrogens with one attached hydrogen (secondary N) is 2. The maximum atomic E-state index is 13.3. The summed E-state index contributed by atoms with van der Waals surface area (Å²) in [6.07, 6.45) is 1.11. The number of fused-ring (bicyclic) bond motifs is 1. The van der Waals surface area contributed by atoms with Crippen molar-refractivity contribution in [1.82, 2.24) is 15.1 Å². The van der Waals surface area contributed by atoms with Gasteiger partial charge in [-0.15, -0.1) is 0 Å². The molecule has 3 aromatic rings. The number of carbonyl (C=O) groups is 1. The number of benzene rings is 2. The van der Waals surface area contributed by atoms with Crippen molar-refractivity contribution in [3.8, 4) is 0 Å². The minimum absolute atomic E-state index is 0.122. The Morgan fingerprint density at radius 2 is 1.93 bits per heavy atom. The van der Waals surface area contributed by atoms with Gasteiger partial charge in [-0.25, -0.2) is 4.39 Å². The molecule has 5 nitrogen and oxygen atoms in total. The van der Waals surface area contributed by atoms with Crippen LogP contribution in [-0.4, -0.2) is 27.5 Å². The summed E-state index contributed by atoms with van der Waals surface area (Å²) in [6.45, 7) is 2.51. The second-order valence-electron chi connectivity index (χ2n) is 6.83. The zero-order valence-electron chi connectivity index (χ0n) is 14.9. The van der Waals surface area contributed by atoms with Crippen molar-refractivity contribution >= 4 is 11.7 Å².